The number of thioether (sulfide) groups is 2. The molecule has 0 aromatic rings. The van der Waals surface area contributed by atoms with Crippen LogP contribution in [-0.2, 0) is 9.84 Å². The van der Waals surface area contributed by atoms with Crippen molar-refractivity contribution in [1.29, 1.82) is 0 Å². The summed E-state index contributed by atoms with van der Waals surface area (Å²) in [5.74, 6) is 1.78. The van der Waals surface area contributed by atoms with E-state index in [1.807, 2.05) is 0 Å². The van der Waals surface area contributed by atoms with Gasteiger partial charge in [-0.25, -0.2) is 8.42 Å². The first-order valence-electron chi connectivity index (χ1n) is 4.14. The van der Waals surface area contributed by atoms with E-state index in [-0.39, 0.29) is 0 Å². The van der Waals surface area contributed by atoms with Crippen LogP contribution >= 0.6 is 23.5 Å². The quantitative estimate of drug-likeness (QED) is 0.687. The topological polar surface area (TPSA) is 58.2 Å². The largest absolute Gasteiger partial charge is 0.292 e. The summed E-state index contributed by atoms with van der Waals surface area (Å²) in [7, 11) is -3.03. The maximum Gasteiger partial charge on any atom is 0.201 e. The molecular weight excluding hydrogens is 228 g/mol. The van der Waals surface area contributed by atoms with E-state index < -0.39 is 19.2 Å². The molecule has 13 heavy (non-hydrogen) atoms. The van der Waals surface area contributed by atoms with Crippen molar-refractivity contribution in [3.63, 3.8) is 0 Å². The first kappa shape index (κ1) is 10.1. The molecule has 2 rings (SSSR count). The lowest BCUT2D eigenvalue weighted by Gasteiger charge is -2.16. The molecule has 4 nitrogen and oxygen atoms in total. The Kier molecular flexibility index (Phi) is 3.09. The third-order valence-electron chi connectivity index (χ3n) is 1.96. The van der Waals surface area contributed by atoms with Crippen LogP contribution in [0.1, 0.15) is 0 Å². The van der Waals surface area contributed by atoms with Crippen molar-refractivity contribution >= 4 is 33.4 Å². The highest BCUT2D eigenvalue weighted by Gasteiger charge is 2.38. The molecule has 0 amide bonds. The average Bonchev–Trinajstić information content (AvgIpc) is 2.78. The van der Waals surface area contributed by atoms with Gasteiger partial charge in [-0.1, -0.05) is 0 Å². The van der Waals surface area contributed by atoms with Crippen LogP contribution in [0.2, 0.25) is 0 Å². The lowest BCUT2D eigenvalue weighted by atomic mass is 10.8. The second kappa shape index (κ2) is 3.98. The maximum atomic E-state index is 11.9. The van der Waals surface area contributed by atoms with Gasteiger partial charge in [0, 0.05) is 24.6 Å². The average molecular weight is 240 g/mol. The van der Waals surface area contributed by atoms with E-state index in [0.29, 0.717) is 0 Å². The first-order valence-corrected chi connectivity index (χ1v) is 7.84. The van der Waals surface area contributed by atoms with Crippen LogP contribution in [0, 0.1) is 0 Å². The molecule has 2 aliphatic heterocycles. The second-order valence-electron chi connectivity index (χ2n) is 2.90. The van der Waals surface area contributed by atoms with Gasteiger partial charge in [-0.3, -0.25) is 10.6 Å². The molecule has 2 fully saturated rings. The number of rotatable bonds is 2. The van der Waals surface area contributed by atoms with E-state index in [4.69, 9.17) is 0 Å². The molecule has 0 aromatic carbocycles. The highest BCUT2D eigenvalue weighted by molar-refractivity contribution is 8.20. The van der Waals surface area contributed by atoms with Crippen molar-refractivity contribution < 1.29 is 8.42 Å². The van der Waals surface area contributed by atoms with Gasteiger partial charge < -0.3 is 0 Å². The fourth-order valence-corrected chi connectivity index (χ4v) is 6.61. The predicted molar refractivity (Wildman–Crippen MR) is 57.4 cm³/mol. The molecular formula is C6H12N2O2S3. The minimum atomic E-state index is -3.03. The highest BCUT2D eigenvalue weighted by Crippen LogP contribution is 2.28. The molecule has 0 saturated carbocycles. The highest BCUT2D eigenvalue weighted by atomic mass is 32.3. The predicted octanol–water partition coefficient (Wildman–Crippen LogP) is -0.359. The smallest absolute Gasteiger partial charge is 0.201 e. The summed E-state index contributed by atoms with van der Waals surface area (Å²) in [6.07, 6.45) is 0. The van der Waals surface area contributed by atoms with Crippen molar-refractivity contribution in [3.8, 4) is 0 Å². The molecule has 2 atom stereocenters. The van der Waals surface area contributed by atoms with Crippen LogP contribution in [0.4, 0.5) is 0 Å². The van der Waals surface area contributed by atoms with Crippen LogP contribution in [0.5, 0.6) is 0 Å². The fraction of sp³-hybridized carbons (Fsp3) is 1.00. The lowest BCUT2D eigenvalue weighted by molar-refractivity contribution is 0.577. The summed E-state index contributed by atoms with van der Waals surface area (Å²) in [5, 5.41) is 5.99. The van der Waals surface area contributed by atoms with Gasteiger partial charge in [-0.2, -0.15) is 0 Å². The van der Waals surface area contributed by atoms with Gasteiger partial charge in [-0.05, 0) is 0 Å². The standard InChI is InChI=1S/C6H12N2O2S3/c9-13(10,5-7-1-3-11-5)6-8-2-4-12-6/h5-8H,1-4H2. The molecule has 2 aliphatic rings. The lowest BCUT2D eigenvalue weighted by Crippen LogP contribution is -2.39. The molecule has 2 heterocycles. The Morgan fingerprint density at radius 1 is 1.00 bits per heavy atom. The monoisotopic (exact) mass is 240 g/mol. The zero-order chi connectivity index (χ0) is 9.31. The number of hydrogen-bond donors (Lipinski definition) is 2. The van der Waals surface area contributed by atoms with E-state index in [1.54, 1.807) is 0 Å². The van der Waals surface area contributed by atoms with Crippen LogP contribution in [-0.4, -0.2) is 42.4 Å². The van der Waals surface area contributed by atoms with Crippen LogP contribution in [0.15, 0.2) is 0 Å². The zero-order valence-corrected chi connectivity index (χ0v) is 9.47. The summed E-state index contributed by atoms with van der Waals surface area (Å²) in [6.45, 7) is 1.60. The van der Waals surface area contributed by atoms with Gasteiger partial charge >= 0.3 is 0 Å². The first-order chi connectivity index (χ1) is 6.21. The van der Waals surface area contributed by atoms with Crippen LogP contribution < -0.4 is 10.6 Å². The van der Waals surface area contributed by atoms with Crippen LogP contribution in [0.25, 0.3) is 0 Å². The van der Waals surface area contributed by atoms with Crippen molar-refractivity contribution in [2.45, 2.75) is 9.41 Å². The van der Waals surface area contributed by atoms with E-state index >= 15 is 0 Å². The number of sulfone groups is 1. The third kappa shape index (κ3) is 1.99. The van der Waals surface area contributed by atoms with Crippen molar-refractivity contribution in [3.05, 3.63) is 0 Å². The van der Waals surface area contributed by atoms with Gasteiger partial charge in [0.25, 0.3) is 0 Å². The van der Waals surface area contributed by atoms with E-state index in [0.717, 1.165) is 24.6 Å². The van der Waals surface area contributed by atoms with Gasteiger partial charge in [0.05, 0.1) is 0 Å². The molecule has 0 radical (unpaired) electrons. The zero-order valence-electron chi connectivity index (χ0n) is 7.02. The Balaban J connectivity index is 2.09. The Labute approximate surface area is 86.5 Å². The normalized spacial score (nSPS) is 35.4. The van der Waals surface area contributed by atoms with E-state index in [1.165, 1.54) is 23.5 Å². The summed E-state index contributed by atoms with van der Waals surface area (Å²) in [5.41, 5.74) is 0. The summed E-state index contributed by atoms with van der Waals surface area (Å²) >= 11 is 2.97. The molecule has 76 valence electrons. The minimum Gasteiger partial charge on any atom is -0.292 e. The van der Waals surface area contributed by atoms with E-state index in [2.05, 4.69) is 10.6 Å². The summed E-state index contributed by atoms with van der Waals surface area (Å²) < 4.78 is 23.0. The summed E-state index contributed by atoms with van der Waals surface area (Å²) in [6, 6.07) is 0. The molecule has 2 saturated heterocycles. The second-order valence-corrected chi connectivity index (χ2v) is 8.05. The van der Waals surface area contributed by atoms with Gasteiger partial charge in [0.2, 0.25) is 9.84 Å². The molecule has 0 aliphatic carbocycles. The minimum absolute atomic E-state index is 0.393. The molecule has 0 aromatic heterocycles. The molecule has 2 unspecified atom stereocenters. The maximum absolute atomic E-state index is 11.9. The van der Waals surface area contributed by atoms with Crippen molar-refractivity contribution in [2.75, 3.05) is 24.6 Å². The molecule has 0 bridgehead atoms. The van der Waals surface area contributed by atoms with Crippen molar-refractivity contribution in [1.82, 2.24) is 10.6 Å². The molecule has 2 N–H and O–H groups in total. The van der Waals surface area contributed by atoms with Gasteiger partial charge in [0.1, 0.15) is 0 Å². The molecule has 0 spiro atoms. The van der Waals surface area contributed by atoms with Gasteiger partial charge in [0.15, 0.2) is 9.41 Å². The van der Waals surface area contributed by atoms with E-state index in [9.17, 15) is 8.42 Å². The fourth-order valence-electron chi connectivity index (χ4n) is 1.34. The van der Waals surface area contributed by atoms with Crippen LogP contribution in [0.3, 0.4) is 0 Å². The molecule has 7 heteroatoms. The Morgan fingerprint density at radius 2 is 1.46 bits per heavy atom. The van der Waals surface area contributed by atoms with Crippen molar-refractivity contribution in [2.24, 2.45) is 0 Å². The van der Waals surface area contributed by atoms with Gasteiger partial charge in [-0.15, -0.1) is 23.5 Å². The Hall–Kier alpha value is 0.570. The number of nitrogens with one attached hydrogen (secondary N) is 2. The Morgan fingerprint density at radius 3 is 1.77 bits per heavy atom. The summed E-state index contributed by atoms with van der Waals surface area (Å²) in [4.78, 5) is 0. The third-order valence-corrected chi connectivity index (χ3v) is 7.73. The Bertz CT molecular complexity index is 246. The SMILES string of the molecule is O=S(=O)(C1NCCS1)C1NCCS1. The number of hydrogen-bond acceptors (Lipinski definition) is 6.